The maximum Gasteiger partial charge on any atom is 0.269 e. The molecular formula is C21H32N4O5. The van der Waals surface area contributed by atoms with E-state index in [1.807, 2.05) is 19.9 Å². The normalized spacial score (nSPS) is 13.7. The third-order valence-corrected chi connectivity index (χ3v) is 5.13. The monoisotopic (exact) mass is 420 g/mol. The van der Waals surface area contributed by atoms with Gasteiger partial charge in [0, 0.05) is 36.9 Å². The van der Waals surface area contributed by atoms with Crippen LogP contribution in [0.1, 0.15) is 62.4 Å². The number of nitrogens with two attached hydrogens (primary N) is 1. The minimum absolute atomic E-state index is 0.0804. The van der Waals surface area contributed by atoms with Gasteiger partial charge in [-0.2, -0.15) is 0 Å². The third-order valence-electron chi connectivity index (χ3n) is 5.13. The molecule has 1 aromatic carbocycles. The number of hydrogen-bond acceptors (Lipinski definition) is 6. The number of Topliss-reactive ketones (excluding diaryl/α,β-unsaturated/α-hetero) is 1. The van der Waals surface area contributed by atoms with Gasteiger partial charge in [0.05, 0.1) is 0 Å². The van der Waals surface area contributed by atoms with Crippen molar-refractivity contribution in [2.45, 2.75) is 65.1 Å². The number of ketones is 1. The van der Waals surface area contributed by atoms with Gasteiger partial charge < -0.3 is 16.4 Å². The molecule has 9 nitrogen and oxygen atoms in total. The van der Waals surface area contributed by atoms with Crippen LogP contribution in [0.2, 0.25) is 0 Å². The van der Waals surface area contributed by atoms with Crippen LogP contribution in [0.25, 0.3) is 0 Å². The molecule has 3 atom stereocenters. The molecule has 0 aliphatic heterocycles. The van der Waals surface area contributed by atoms with Crippen LogP contribution in [0, 0.1) is 16.0 Å². The lowest BCUT2D eigenvalue weighted by Gasteiger charge is -2.23. The van der Waals surface area contributed by atoms with E-state index in [1.54, 1.807) is 18.2 Å². The second-order valence-corrected chi connectivity index (χ2v) is 7.44. The number of carbonyl (C=O) groups is 3. The molecule has 166 valence electrons. The molecule has 0 aliphatic rings. The number of unbranched alkanes of at least 4 members (excludes halogenated alkanes) is 1. The fourth-order valence-corrected chi connectivity index (χ4v) is 3.01. The van der Waals surface area contributed by atoms with Crippen molar-refractivity contribution >= 4 is 17.6 Å². The van der Waals surface area contributed by atoms with Crippen LogP contribution in [0.3, 0.4) is 0 Å². The van der Waals surface area contributed by atoms with Crippen molar-refractivity contribution in [3.8, 4) is 0 Å². The SMILES string of the molecule is CCC(C)[C@H](NC(=O)c1cccc(CN)c1)C(=O)NCCCCC(C(C)=O)[N+](=O)[O-]. The summed E-state index contributed by atoms with van der Waals surface area (Å²) in [5.41, 5.74) is 6.88. The molecule has 0 heterocycles. The van der Waals surface area contributed by atoms with E-state index in [2.05, 4.69) is 10.6 Å². The molecule has 1 rings (SSSR count). The highest BCUT2D eigenvalue weighted by atomic mass is 16.6. The van der Waals surface area contributed by atoms with E-state index in [4.69, 9.17) is 5.73 Å². The zero-order valence-electron chi connectivity index (χ0n) is 17.8. The Labute approximate surface area is 176 Å². The second kappa shape index (κ2) is 12.7. The molecule has 0 radical (unpaired) electrons. The average Bonchev–Trinajstić information content (AvgIpc) is 2.72. The summed E-state index contributed by atoms with van der Waals surface area (Å²) in [5, 5.41) is 16.4. The zero-order chi connectivity index (χ0) is 22.7. The van der Waals surface area contributed by atoms with Crippen molar-refractivity contribution < 1.29 is 19.3 Å². The van der Waals surface area contributed by atoms with Gasteiger partial charge in [0.15, 0.2) is 0 Å². The first kappa shape index (κ1) is 25.2. The van der Waals surface area contributed by atoms with Crippen LogP contribution < -0.4 is 16.4 Å². The Bertz CT molecular complexity index is 739. The summed E-state index contributed by atoms with van der Waals surface area (Å²) in [4.78, 5) is 46.8. The largest absolute Gasteiger partial charge is 0.354 e. The quantitative estimate of drug-likeness (QED) is 0.252. The highest BCUT2D eigenvalue weighted by Gasteiger charge is 2.27. The fourth-order valence-electron chi connectivity index (χ4n) is 3.01. The van der Waals surface area contributed by atoms with Crippen LogP contribution in [0.15, 0.2) is 24.3 Å². The Balaban J connectivity index is 2.61. The number of amides is 2. The van der Waals surface area contributed by atoms with Gasteiger partial charge in [-0.25, -0.2) is 0 Å². The Morgan fingerprint density at radius 2 is 1.93 bits per heavy atom. The van der Waals surface area contributed by atoms with Crippen LogP contribution in [-0.4, -0.2) is 41.1 Å². The molecule has 30 heavy (non-hydrogen) atoms. The van der Waals surface area contributed by atoms with E-state index < -0.39 is 22.8 Å². The number of rotatable bonds is 13. The van der Waals surface area contributed by atoms with Gasteiger partial charge in [0.2, 0.25) is 11.7 Å². The summed E-state index contributed by atoms with van der Waals surface area (Å²) in [6, 6.07) is 5.03. The number of benzene rings is 1. The molecular weight excluding hydrogens is 388 g/mol. The molecule has 9 heteroatoms. The van der Waals surface area contributed by atoms with Gasteiger partial charge >= 0.3 is 0 Å². The average molecular weight is 421 g/mol. The minimum atomic E-state index is -1.20. The van der Waals surface area contributed by atoms with Crippen LogP contribution in [0.5, 0.6) is 0 Å². The third kappa shape index (κ3) is 7.90. The molecule has 0 saturated heterocycles. The Kier molecular flexibility index (Phi) is 10.7. The lowest BCUT2D eigenvalue weighted by molar-refractivity contribution is -0.508. The Morgan fingerprint density at radius 3 is 2.50 bits per heavy atom. The van der Waals surface area contributed by atoms with Gasteiger partial charge in [0.25, 0.3) is 11.9 Å². The van der Waals surface area contributed by atoms with Crippen molar-refractivity contribution in [1.29, 1.82) is 0 Å². The summed E-state index contributed by atoms with van der Waals surface area (Å²) in [6.45, 7) is 5.66. The van der Waals surface area contributed by atoms with Crippen molar-refractivity contribution in [3.63, 3.8) is 0 Å². The molecule has 1 aromatic rings. The van der Waals surface area contributed by atoms with Gasteiger partial charge in [-0.3, -0.25) is 24.5 Å². The molecule has 4 N–H and O–H groups in total. The summed E-state index contributed by atoms with van der Waals surface area (Å²) >= 11 is 0. The van der Waals surface area contributed by atoms with Gasteiger partial charge in [0.1, 0.15) is 6.04 Å². The summed E-state index contributed by atoms with van der Waals surface area (Å²) in [7, 11) is 0. The zero-order valence-corrected chi connectivity index (χ0v) is 17.8. The summed E-state index contributed by atoms with van der Waals surface area (Å²) < 4.78 is 0. The number of hydrogen-bond donors (Lipinski definition) is 3. The number of nitrogens with zero attached hydrogens (tertiary/aromatic N) is 1. The van der Waals surface area contributed by atoms with Crippen molar-refractivity contribution in [1.82, 2.24) is 10.6 Å². The molecule has 0 aromatic heterocycles. The summed E-state index contributed by atoms with van der Waals surface area (Å²) in [6.07, 6.45) is 1.78. The predicted molar refractivity (Wildman–Crippen MR) is 113 cm³/mol. The van der Waals surface area contributed by atoms with Gasteiger partial charge in [-0.05, 0) is 36.5 Å². The van der Waals surface area contributed by atoms with E-state index in [0.717, 1.165) is 5.56 Å². The number of nitro groups is 1. The van der Waals surface area contributed by atoms with E-state index in [0.29, 0.717) is 37.9 Å². The number of carbonyl (C=O) groups excluding carboxylic acids is 3. The minimum Gasteiger partial charge on any atom is -0.354 e. The van der Waals surface area contributed by atoms with Crippen LogP contribution >= 0.6 is 0 Å². The highest BCUT2D eigenvalue weighted by Crippen LogP contribution is 2.11. The predicted octanol–water partition coefficient (Wildman–Crippen LogP) is 1.81. The van der Waals surface area contributed by atoms with E-state index in [-0.39, 0.29) is 24.2 Å². The maximum atomic E-state index is 12.6. The molecule has 2 amide bonds. The highest BCUT2D eigenvalue weighted by molar-refractivity contribution is 5.97. The molecule has 2 unspecified atom stereocenters. The standard InChI is InChI=1S/C21H32N4O5/c1-4-14(2)19(24-20(27)17-9-7-8-16(12-17)13-22)21(28)23-11-6-5-10-18(15(3)26)25(29)30/h7-9,12,14,18-19H,4-6,10-11,13,22H2,1-3H3,(H,23,28)(H,24,27)/t14?,18?,19-/m0/s1. The number of nitrogens with one attached hydrogen (secondary N) is 2. The van der Waals surface area contributed by atoms with Crippen molar-refractivity contribution in [2.24, 2.45) is 11.7 Å². The Hall–Kier alpha value is -2.81. The van der Waals surface area contributed by atoms with E-state index in [1.165, 1.54) is 6.92 Å². The first-order valence-electron chi connectivity index (χ1n) is 10.2. The summed E-state index contributed by atoms with van der Waals surface area (Å²) in [5.74, 6) is -1.20. The second-order valence-electron chi connectivity index (χ2n) is 7.44. The van der Waals surface area contributed by atoms with E-state index in [9.17, 15) is 24.5 Å². The first-order valence-corrected chi connectivity index (χ1v) is 10.2. The van der Waals surface area contributed by atoms with Gasteiger partial charge in [-0.1, -0.05) is 32.4 Å². The van der Waals surface area contributed by atoms with Crippen molar-refractivity contribution in [2.75, 3.05) is 6.54 Å². The molecule has 0 fully saturated rings. The van der Waals surface area contributed by atoms with Crippen LogP contribution in [0.4, 0.5) is 0 Å². The Morgan fingerprint density at radius 1 is 1.23 bits per heavy atom. The van der Waals surface area contributed by atoms with Crippen LogP contribution in [-0.2, 0) is 16.1 Å². The molecule has 0 spiro atoms. The molecule has 0 bridgehead atoms. The van der Waals surface area contributed by atoms with Crippen molar-refractivity contribution in [3.05, 3.63) is 45.5 Å². The fraction of sp³-hybridized carbons (Fsp3) is 0.571. The maximum absolute atomic E-state index is 12.6. The lowest BCUT2D eigenvalue weighted by Crippen LogP contribution is -2.50. The molecule has 0 aliphatic carbocycles. The van der Waals surface area contributed by atoms with E-state index >= 15 is 0 Å². The first-order chi connectivity index (χ1) is 14.2. The van der Waals surface area contributed by atoms with Gasteiger partial charge in [-0.15, -0.1) is 0 Å². The lowest BCUT2D eigenvalue weighted by atomic mass is 9.97. The molecule has 0 saturated carbocycles. The smallest absolute Gasteiger partial charge is 0.269 e. The topological polar surface area (TPSA) is 144 Å².